The van der Waals surface area contributed by atoms with E-state index in [-0.39, 0.29) is 17.4 Å². The maximum absolute atomic E-state index is 13.1. The molecule has 32 heavy (non-hydrogen) atoms. The number of hydrogen-bond donors (Lipinski definition) is 1. The summed E-state index contributed by atoms with van der Waals surface area (Å²) >= 11 is 1.23. The minimum Gasteiger partial charge on any atom is -0.376 e. The molecule has 3 heterocycles. The van der Waals surface area contributed by atoms with E-state index < -0.39 is 16.5 Å². The zero-order valence-corrected chi connectivity index (χ0v) is 20.3. The van der Waals surface area contributed by atoms with E-state index in [1.165, 1.54) is 23.4 Å². The van der Waals surface area contributed by atoms with Gasteiger partial charge in [-0.25, -0.2) is 14.8 Å². The summed E-state index contributed by atoms with van der Waals surface area (Å²) in [6, 6.07) is 0. The molecule has 2 aromatic heterocycles. The van der Waals surface area contributed by atoms with E-state index in [4.69, 9.17) is 4.74 Å². The van der Waals surface area contributed by atoms with E-state index >= 15 is 0 Å². The van der Waals surface area contributed by atoms with Crippen molar-refractivity contribution in [3.63, 3.8) is 0 Å². The highest BCUT2D eigenvalue weighted by atomic mass is 32.2. The molecule has 0 spiro atoms. The van der Waals surface area contributed by atoms with Gasteiger partial charge in [0.1, 0.15) is 16.2 Å². The summed E-state index contributed by atoms with van der Waals surface area (Å²) < 4.78 is 8.20. The molecule has 1 aliphatic heterocycles. The number of ether oxygens (including phenoxy) is 1. The summed E-state index contributed by atoms with van der Waals surface area (Å²) in [4.78, 5) is 47.8. The lowest BCUT2D eigenvalue weighted by molar-refractivity contribution is -0.120. The van der Waals surface area contributed by atoms with Crippen LogP contribution in [0.4, 0.5) is 0 Å². The Bertz CT molecular complexity index is 1090. The first-order chi connectivity index (χ1) is 15.2. The van der Waals surface area contributed by atoms with Gasteiger partial charge in [0.15, 0.2) is 5.65 Å². The fourth-order valence-electron chi connectivity index (χ4n) is 3.73. The molecule has 0 unspecified atom stereocenters. The third-order valence-corrected chi connectivity index (χ3v) is 6.50. The SMILES string of the molecule is CCCn1c(=O)n(C)c(=O)c2c(S[C@H](C)C(=O)NC[C@@H]3CCCO3)nc(CC(C)C)nc21. The Balaban J connectivity index is 2.00. The first-order valence-electron chi connectivity index (χ1n) is 11.3. The van der Waals surface area contributed by atoms with Crippen LogP contribution in [-0.2, 0) is 29.5 Å². The van der Waals surface area contributed by atoms with Crippen LogP contribution in [0.25, 0.3) is 11.0 Å². The van der Waals surface area contributed by atoms with E-state index in [0.29, 0.717) is 41.9 Å². The van der Waals surface area contributed by atoms with Crippen LogP contribution in [0.2, 0.25) is 0 Å². The molecule has 3 rings (SSSR count). The first-order valence-corrected chi connectivity index (χ1v) is 12.2. The van der Waals surface area contributed by atoms with Gasteiger partial charge in [-0.05, 0) is 32.1 Å². The third-order valence-electron chi connectivity index (χ3n) is 5.42. The van der Waals surface area contributed by atoms with E-state index in [2.05, 4.69) is 29.1 Å². The topological polar surface area (TPSA) is 108 Å². The van der Waals surface area contributed by atoms with Gasteiger partial charge in [-0.3, -0.25) is 18.7 Å². The number of amides is 1. The van der Waals surface area contributed by atoms with Gasteiger partial charge in [0, 0.05) is 33.2 Å². The standard InChI is InChI=1S/C22H33N5O4S/c1-6-9-27-18-17(21(29)26(5)22(27)30)20(25-16(24-18)11-13(2)3)32-14(4)19(28)23-12-15-8-7-10-31-15/h13-15H,6-12H2,1-5H3,(H,23,28)/t14-,15+/m1/s1. The van der Waals surface area contributed by atoms with Crippen LogP contribution in [0.15, 0.2) is 14.6 Å². The van der Waals surface area contributed by atoms with Crippen molar-refractivity contribution in [2.75, 3.05) is 13.2 Å². The summed E-state index contributed by atoms with van der Waals surface area (Å²) in [7, 11) is 1.46. The molecule has 1 saturated heterocycles. The number of carbonyl (C=O) groups is 1. The van der Waals surface area contributed by atoms with Crippen LogP contribution in [0.5, 0.6) is 0 Å². The average molecular weight is 464 g/mol. The highest BCUT2D eigenvalue weighted by molar-refractivity contribution is 8.00. The highest BCUT2D eigenvalue weighted by Gasteiger charge is 2.24. The zero-order valence-electron chi connectivity index (χ0n) is 19.5. The Morgan fingerprint density at radius 3 is 2.66 bits per heavy atom. The minimum atomic E-state index is -0.474. The van der Waals surface area contributed by atoms with Gasteiger partial charge >= 0.3 is 5.69 Å². The molecule has 1 fully saturated rings. The van der Waals surface area contributed by atoms with E-state index in [1.54, 1.807) is 6.92 Å². The van der Waals surface area contributed by atoms with Crippen molar-refractivity contribution >= 4 is 28.7 Å². The van der Waals surface area contributed by atoms with Gasteiger partial charge in [0.05, 0.1) is 11.4 Å². The maximum atomic E-state index is 13.1. The second-order valence-electron chi connectivity index (χ2n) is 8.68. The van der Waals surface area contributed by atoms with Crippen molar-refractivity contribution in [1.82, 2.24) is 24.4 Å². The number of aryl methyl sites for hydroxylation is 1. The number of nitrogens with one attached hydrogen (secondary N) is 1. The molecule has 10 heteroatoms. The number of nitrogens with zero attached hydrogens (tertiary/aromatic N) is 4. The Morgan fingerprint density at radius 2 is 2.03 bits per heavy atom. The molecular formula is C22H33N5O4S. The summed E-state index contributed by atoms with van der Waals surface area (Å²) in [5.41, 5.74) is -0.486. The van der Waals surface area contributed by atoms with Crippen LogP contribution >= 0.6 is 11.8 Å². The smallest absolute Gasteiger partial charge is 0.332 e. The average Bonchev–Trinajstić information content (AvgIpc) is 3.26. The summed E-state index contributed by atoms with van der Waals surface area (Å²) in [5, 5.41) is 3.19. The molecule has 1 amide bonds. The molecular weight excluding hydrogens is 430 g/mol. The first kappa shape index (κ1) is 24.4. The maximum Gasteiger partial charge on any atom is 0.332 e. The van der Waals surface area contributed by atoms with Gasteiger partial charge in [-0.1, -0.05) is 32.5 Å². The molecule has 0 aromatic carbocycles. The predicted octanol–water partition coefficient (Wildman–Crippen LogP) is 1.87. The molecule has 2 atom stereocenters. The number of carbonyl (C=O) groups excluding carboxylic acids is 1. The number of fused-ring (bicyclic) bond motifs is 1. The van der Waals surface area contributed by atoms with Crippen LogP contribution in [0.1, 0.15) is 52.8 Å². The Labute approximate surface area is 192 Å². The van der Waals surface area contributed by atoms with Gasteiger partial charge < -0.3 is 10.1 Å². The van der Waals surface area contributed by atoms with Crippen molar-refractivity contribution in [3.8, 4) is 0 Å². The van der Waals surface area contributed by atoms with Crippen molar-refractivity contribution in [2.45, 2.75) is 76.3 Å². The Morgan fingerprint density at radius 1 is 1.28 bits per heavy atom. The predicted molar refractivity (Wildman–Crippen MR) is 125 cm³/mol. The molecule has 1 N–H and O–H groups in total. The molecule has 2 aromatic rings. The van der Waals surface area contributed by atoms with Crippen molar-refractivity contribution in [1.29, 1.82) is 0 Å². The Hall–Kier alpha value is -2.20. The van der Waals surface area contributed by atoms with Crippen LogP contribution in [0.3, 0.4) is 0 Å². The molecule has 176 valence electrons. The van der Waals surface area contributed by atoms with Crippen LogP contribution in [0, 0.1) is 5.92 Å². The number of hydrogen-bond acceptors (Lipinski definition) is 7. The molecule has 9 nitrogen and oxygen atoms in total. The number of aromatic nitrogens is 4. The highest BCUT2D eigenvalue weighted by Crippen LogP contribution is 2.27. The summed E-state index contributed by atoms with van der Waals surface area (Å²) in [6.45, 7) is 9.54. The monoisotopic (exact) mass is 463 g/mol. The van der Waals surface area contributed by atoms with Crippen molar-refractivity contribution in [3.05, 3.63) is 26.7 Å². The molecule has 0 aliphatic carbocycles. The second kappa shape index (κ2) is 10.6. The molecule has 1 aliphatic rings. The van der Waals surface area contributed by atoms with E-state index in [1.807, 2.05) is 6.92 Å². The Kier molecular flexibility index (Phi) is 8.10. The lowest BCUT2D eigenvalue weighted by Gasteiger charge is -2.17. The van der Waals surface area contributed by atoms with Crippen LogP contribution in [-0.4, -0.2) is 49.5 Å². The molecule has 0 saturated carbocycles. The van der Waals surface area contributed by atoms with E-state index in [0.717, 1.165) is 30.4 Å². The van der Waals surface area contributed by atoms with Crippen LogP contribution < -0.4 is 16.6 Å². The van der Waals surface area contributed by atoms with Gasteiger partial charge in [0.25, 0.3) is 5.56 Å². The summed E-state index contributed by atoms with van der Waals surface area (Å²) in [6.07, 6.45) is 3.35. The largest absolute Gasteiger partial charge is 0.376 e. The van der Waals surface area contributed by atoms with Gasteiger partial charge in [-0.2, -0.15) is 0 Å². The lowest BCUT2D eigenvalue weighted by atomic mass is 10.1. The third kappa shape index (κ3) is 5.40. The minimum absolute atomic E-state index is 0.0597. The number of thioether (sulfide) groups is 1. The van der Waals surface area contributed by atoms with Crippen molar-refractivity contribution in [2.24, 2.45) is 13.0 Å². The molecule has 0 bridgehead atoms. The van der Waals surface area contributed by atoms with E-state index in [9.17, 15) is 14.4 Å². The quantitative estimate of drug-likeness (QED) is 0.447. The normalized spacial score (nSPS) is 17.2. The summed E-state index contributed by atoms with van der Waals surface area (Å²) in [5.74, 6) is 0.733. The van der Waals surface area contributed by atoms with Crippen molar-refractivity contribution < 1.29 is 9.53 Å². The molecule has 0 radical (unpaired) electrons. The van der Waals surface area contributed by atoms with Gasteiger partial charge in [-0.15, -0.1) is 0 Å². The lowest BCUT2D eigenvalue weighted by Crippen LogP contribution is -2.39. The fraction of sp³-hybridized carbons (Fsp3) is 0.682. The second-order valence-corrected chi connectivity index (χ2v) is 10.0. The van der Waals surface area contributed by atoms with Gasteiger partial charge in [0.2, 0.25) is 5.91 Å². The zero-order chi connectivity index (χ0) is 23.4. The fourth-order valence-corrected chi connectivity index (χ4v) is 4.71. The number of rotatable bonds is 9.